The van der Waals surface area contributed by atoms with Gasteiger partial charge in [0.1, 0.15) is 6.61 Å². The highest BCUT2D eigenvalue weighted by molar-refractivity contribution is 7.47. The Bertz CT molecular complexity index is 964. The van der Waals surface area contributed by atoms with Gasteiger partial charge in [-0.1, -0.05) is 212 Å². The number of ether oxygens (including phenoxy) is 2. The Labute approximate surface area is 358 Å². The zero-order valence-corrected chi connectivity index (χ0v) is 38.9. The number of rotatable bonds is 47. The van der Waals surface area contributed by atoms with Gasteiger partial charge in [-0.2, -0.15) is 0 Å². The fraction of sp³-hybridized carbons (Fsp3) is 0.917. The highest BCUT2D eigenvalue weighted by atomic mass is 31.2. The smallest absolute Gasteiger partial charge is 0.462 e. The molecule has 2 unspecified atom stereocenters. The van der Waals surface area contributed by atoms with Gasteiger partial charge in [-0.15, -0.1) is 0 Å². The molecular formula is C48H94NO8P. The first kappa shape index (κ1) is 56.8. The summed E-state index contributed by atoms with van der Waals surface area (Å²) in [5.74, 6) is -0.820. The molecule has 0 aliphatic heterocycles. The highest BCUT2D eigenvalue weighted by Gasteiger charge is 2.26. The first-order chi connectivity index (χ1) is 28.3. The average molecular weight is 844 g/mol. The molecule has 0 fully saturated rings. The van der Waals surface area contributed by atoms with Gasteiger partial charge in [0.15, 0.2) is 6.10 Å². The van der Waals surface area contributed by atoms with E-state index in [9.17, 15) is 19.0 Å². The molecule has 0 amide bonds. The van der Waals surface area contributed by atoms with Gasteiger partial charge in [-0.3, -0.25) is 18.6 Å². The lowest BCUT2D eigenvalue weighted by Gasteiger charge is -2.19. The summed E-state index contributed by atoms with van der Waals surface area (Å²) in [5.41, 5.74) is 5.34. The lowest BCUT2D eigenvalue weighted by Crippen LogP contribution is -2.29. The van der Waals surface area contributed by atoms with Crippen molar-refractivity contribution in [1.29, 1.82) is 0 Å². The molecule has 0 aromatic rings. The van der Waals surface area contributed by atoms with Crippen LogP contribution in [0.2, 0.25) is 0 Å². The topological polar surface area (TPSA) is 134 Å². The van der Waals surface area contributed by atoms with Crippen molar-refractivity contribution in [3.05, 3.63) is 12.2 Å². The summed E-state index contributed by atoms with van der Waals surface area (Å²) in [4.78, 5) is 34.8. The Kier molecular flexibility index (Phi) is 44.3. The number of hydrogen-bond acceptors (Lipinski definition) is 8. The molecule has 0 rings (SSSR count). The third-order valence-corrected chi connectivity index (χ3v) is 11.9. The largest absolute Gasteiger partial charge is 0.472 e. The van der Waals surface area contributed by atoms with E-state index in [1.54, 1.807) is 0 Å². The Morgan fingerprint density at radius 3 is 1.22 bits per heavy atom. The molecular weight excluding hydrogens is 750 g/mol. The third-order valence-electron chi connectivity index (χ3n) is 10.9. The van der Waals surface area contributed by atoms with E-state index in [1.807, 2.05) is 0 Å². The lowest BCUT2D eigenvalue weighted by atomic mass is 10.0. The molecule has 0 heterocycles. The standard InChI is InChI=1S/C48H94NO8P/c1-3-5-7-9-11-13-14-15-16-17-18-19-20-21-22-23-24-25-26-27-28-29-30-31-32-33-35-37-39-41-48(51)57-46(45-56-58(52,53)55-43-42-49)44-54-47(50)40-38-36-34-12-10-8-6-4-2/h17-18,46H,3-16,19-45,49H2,1-2H3,(H,52,53)/b18-17-. The molecule has 0 bridgehead atoms. The second-order valence-corrected chi connectivity index (χ2v) is 18.1. The number of nitrogens with two attached hydrogens (primary N) is 1. The summed E-state index contributed by atoms with van der Waals surface area (Å²) in [7, 11) is -4.37. The number of carbonyl (C=O) groups excluding carboxylic acids is 2. The number of esters is 2. The van der Waals surface area contributed by atoms with Crippen LogP contribution >= 0.6 is 7.82 Å². The number of carbonyl (C=O) groups is 2. The summed E-state index contributed by atoms with van der Waals surface area (Å²) in [6, 6.07) is 0. The van der Waals surface area contributed by atoms with Gasteiger partial charge in [-0.25, -0.2) is 4.57 Å². The average Bonchev–Trinajstić information content (AvgIpc) is 3.21. The number of phosphoric ester groups is 1. The van der Waals surface area contributed by atoms with Crippen LogP contribution in [0, 0.1) is 0 Å². The number of unbranched alkanes of at least 4 members (excludes halogenated alkanes) is 32. The van der Waals surface area contributed by atoms with Crippen LogP contribution in [0.5, 0.6) is 0 Å². The first-order valence-electron chi connectivity index (χ1n) is 24.7. The van der Waals surface area contributed by atoms with E-state index in [-0.39, 0.29) is 38.6 Å². The molecule has 0 radical (unpaired) electrons. The van der Waals surface area contributed by atoms with Crippen LogP contribution in [-0.4, -0.2) is 49.3 Å². The summed E-state index contributed by atoms with van der Waals surface area (Å²) in [6.45, 7) is 3.73. The van der Waals surface area contributed by atoms with Crippen molar-refractivity contribution in [2.24, 2.45) is 5.73 Å². The minimum Gasteiger partial charge on any atom is -0.462 e. The highest BCUT2D eigenvalue weighted by Crippen LogP contribution is 2.43. The monoisotopic (exact) mass is 844 g/mol. The van der Waals surface area contributed by atoms with Gasteiger partial charge in [0.25, 0.3) is 0 Å². The molecule has 0 aliphatic rings. The maximum atomic E-state index is 12.6. The number of allylic oxidation sites excluding steroid dienone is 2. The van der Waals surface area contributed by atoms with Gasteiger partial charge >= 0.3 is 19.8 Å². The van der Waals surface area contributed by atoms with E-state index in [0.29, 0.717) is 6.42 Å². The molecule has 344 valence electrons. The molecule has 0 saturated heterocycles. The molecule has 0 aromatic heterocycles. The van der Waals surface area contributed by atoms with Crippen molar-refractivity contribution >= 4 is 19.8 Å². The summed E-state index contributed by atoms with van der Waals surface area (Å²) >= 11 is 0. The third kappa shape index (κ3) is 44.3. The van der Waals surface area contributed by atoms with Crippen LogP contribution < -0.4 is 5.73 Å². The Balaban J connectivity index is 3.82. The van der Waals surface area contributed by atoms with Crippen molar-refractivity contribution in [2.75, 3.05) is 26.4 Å². The summed E-state index contributed by atoms with van der Waals surface area (Å²) < 4.78 is 32.7. The Morgan fingerprint density at radius 1 is 0.500 bits per heavy atom. The fourth-order valence-corrected chi connectivity index (χ4v) is 7.99. The minimum atomic E-state index is -4.37. The van der Waals surface area contributed by atoms with Gasteiger partial charge in [0.2, 0.25) is 0 Å². The number of hydrogen-bond donors (Lipinski definition) is 2. The fourth-order valence-electron chi connectivity index (χ4n) is 7.22. The summed E-state index contributed by atoms with van der Waals surface area (Å²) in [5, 5.41) is 0. The molecule has 2 atom stereocenters. The van der Waals surface area contributed by atoms with E-state index in [0.717, 1.165) is 32.1 Å². The second kappa shape index (κ2) is 45.3. The first-order valence-corrected chi connectivity index (χ1v) is 26.2. The molecule has 9 nitrogen and oxygen atoms in total. The van der Waals surface area contributed by atoms with Crippen LogP contribution in [-0.2, 0) is 32.7 Å². The molecule has 0 saturated carbocycles. The van der Waals surface area contributed by atoms with E-state index < -0.39 is 26.5 Å². The minimum absolute atomic E-state index is 0.0567. The molecule has 0 aliphatic carbocycles. The second-order valence-electron chi connectivity index (χ2n) is 16.7. The van der Waals surface area contributed by atoms with Crippen molar-refractivity contribution < 1.29 is 37.6 Å². The molecule has 10 heteroatoms. The van der Waals surface area contributed by atoms with Crippen LogP contribution in [0.3, 0.4) is 0 Å². The van der Waals surface area contributed by atoms with E-state index in [4.69, 9.17) is 24.3 Å². The molecule has 58 heavy (non-hydrogen) atoms. The predicted octanol–water partition coefficient (Wildman–Crippen LogP) is 14.6. The Morgan fingerprint density at radius 2 is 0.845 bits per heavy atom. The van der Waals surface area contributed by atoms with Crippen molar-refractivity contribution in [2.45, 2.75) is 258 Å². The van der Waals surface area contributed by atoms with Crippen LogP contribution in [0.25, 0.3) is 0 Å². The molecule has 0 aromatic carbocycles. The van der Waals surface area contributed by atoms with Crippen LogP contribution in [0.4, 0.5) is 0 Å². The normalized spacial score (nSPS) is 13.2. The number of phosphoric acid groups is 1. The van der Waals surface area contributed by atoms with Crippen molar-refractivity contribution in [1.82, 2.24) is 0 Å². The van der Waals surface area contributed by atoms with Crippen LogP contribution in [0.1, 0.15) is 251 Å². The molecule has 3 N–H and O–H groups in total. The van der Waals surface area contributed by atoms with E-state index >= 15 is 0 Å². The zero-order chi connectivity index (χ0) is 42.5. The maximum Gasteiger partial charge on any atom is 0.472 e. The lowest BCUT2D eigenvalue weighted by molar-refractivity contribution is -0.161. The van der Waals surface area contributed by atoms with E-state index in [1.165, 1.54) is 186 Å². The maximum absolute atomic E-state index is 12.6. The quantitative estimate of drug-likeness (QED) is 0.0266. The zero-order valence-electron chi connectivity index (χ0n) is 38.1. The van der Waals surface area contributed by atoms with Gasteiger partial charge in [-0.05, 0) is 38.5 Å². The van der Waals surface area contributed by atoms with Crippen molar-refractivity contribution in [3.63, 3.8) is 0 Å². The van der Waals surface area contributed by atoms with Crippen LogP contribution in [0.15, 0.2) is 12.2 Å². The van der Waals surface area contributed by atoms with Gasteiger partial charge in [0, 0.05) is 19.4 Å². The van der Waals surface area contributed by atoms with E-state index in [2.05, 4.69) is 26.0 Å². The SMILES string of the molecule is CCCCCCCCCC/C=C\CCCCCCCCCCCCCCCCCCCC(=O)OC(COC(=O)CCCCCCCCCC)COP(=O)(O)OCCN. The van der Waals surface area contributed by atoms with Crippen molar-refractivity contribution in [3.8, 4) is 0 Å². The summed E-state index contributed by atoms with van der Waals surface area (Å²) in [6.07, 6.45) is 48.6. The Hall–Kier alpha value is -1.25. The van der Waals surface area contributed by atoms with Gasteiger partial charge in [0.05, 0.1) is 13.2 Å². The predicted molar refractivity (Wildman–Crippen MR) is 243 cm³/mol. The van der Waals surface area contributed by atoms with Gasteiger partial charge < -0.3 is 20.1 Å². The molecule has 0 spiro atoms.